The van der Waals surface area contributed by atoms with Crippen molar-refractivity contribution >= 4 is 63.7 Å². The van der Waals surface area contributed by atoms with Crippen LogP contribution in [0.4, 0.5) is 0 Å². The van der Waals surface area contributed by atoms with E-state index in [1.807, 2.05) is 0 Å². The van der Waals surface area contributed by atoms with E-state index in [0.29, 0.717) is 15.9 Å². The average Bonchev–Trinajstić information content (AvgIpc) is 2.79. The predicted octanol–water partition coefficient (Wildman–Crippen LogP) is 2.04. The van der Waals surface area contributed by atoms with Crippen molar-refractivity contribution in [3.05, 3.63) is 41.1 Å². The number of benzene rings is 1. The highest BCUT2D eigenvalue weighted by Gasteiger charge is 2.66. The average molecular weight is 567 g/mol. The molecule has 2 aliphatic heterocycles. The van der Waals surface area contributed by atoms with Crippen LogP contribution in [0.3, 0.4) is 0 Å². The lowest BCUT2D eigenvalue weighted by molar-refractivity contribution is -0.192. The molecule has 1 saturated heterocycles. The number of β-lactam (4-membered cyclic amide) rings is 1. The number of rotatable bonds is 8. The monoisotopic (exact) mass is 566 g/mol. The van der Waals surface area contributed by atoms with E-state index >= 15 is 0 Å². The highest BCUT2D eigenvalue weighted by atomic mass is 127. The summed E-state index contributed by atoms with van der Waals surface area (Å²) in [4.78, 5) is 39.1. The smallest absolute Gasteiger partial charge is 0.355 e. The van der Waals surface area contributed by atoms with Gasteiger partial charge in [0.25, 0.3) is 11.6 Å². The van der Waals surface area contributed by atoms with Gasteiger partial charge in [-0.1, -0.05) is 34.7 Å². The minimum atomic E-state index is -1.55. The number of fused-ring (bicyclic) bond motifs is 1. The number of carbonyl (C=O) groups is 3. The van der Waals surface area contributed by atoms with Crippen molar-refractivity contribution in [1.82, 2.24) is 10.2 Å². The number of methoxy groups -OCH3 is 2. The van der Waals surface area contributed by atoms with Crippen molar-refractivity contribution < 1.29 is 28.6 Å². The zero-order valence-electron chi connectivity index (χ0n) is 16.3. The molecule has 2 heterocycles. The number of ether oxygens (including phenoxy) is 3. The van der Waals surface area contributed by atoms with Gasteiger partial charge in [-0.25, -0.2) is 4.79 Å². The van der Waals surface area contributed by atoms with Crippen molar-refractivity contribution in [2.45, 2.75) is 17.7 Å². The van der Waals surface area contributed by atoms with Crippen LogP contribution in [-0.2, 0) is 30.5 Å². The Hall–Kier alpha value is -1.50. The first-order valence-corrected chi connectivity index (χ1v) is 12.0. The second-order valence-electron chi connectivity index (χ2n) is 6.47. The Balaban J connectivity index is 1.78. The zero-order valence-corrected chi connectivity index (χ0v) is 20.0. The lowest BCUT2D eigenvalue weighted by atomic mass is 9.98. The van der Waals surface area contributed by atoms with Gasteiger partial charge in [-0.2, -0.15) is 0 Å². The highest BCUT2D eigenvalue weighted by molar-refractivity contribution is 14.1. The van der Waals surface area contributed by atoms with Gasteiger partial charge in [0, 0.05) is 17.3 Å². The summed E-state index contributed by atoms with van der Waals surface area (Å²) >= 11 is 9.13. The number of amides is 2. The van der Waals surface area contributed by atoms with Gasteiger partial charge < -0.3 is 19.5 Å². The Morgan fingerprint density at radius 2 is 2.03 bits per heavy atom. The van der Waals surface area contributed by atoms with Crippen LogP contribution in [0.2, 0.25) is 0 Å². The molecule has 0 bridgehead atoms. The van der Waals surface area contributed by atoms with E-state index in [9.17, 15) is 14.4 Å². The minimum Gasteiger partial charge on any atom is -0.497 e. The molecule has 162 valence electrons. The van der Waals surface area contributed by atoms with Gasteiger partial charge in [0.1, 0.15) is 29.3 Å². The molecule has 2 amide bonds. The van der Waals surface area contributed by atoms with Gasteiger partial charge >= 0.3 is 5.97 Å². The molecule has 11 heteroatoms. The summed E-state index contributed by atoms with van der Waals surface area (Å²) in [5, 5.41) is 1.96. The van der Waals surface area contributed by atoms with Crippen molar-refractivity contribution in [1.29, 1.82) is 0 Å². The van der Waals surface area contributed by atoms with Crippen LogP contribution in [0.5, 0.6) is 5.75 Å². The van der Waals surface area contributed by atoms with E-state index < -0.39 is 28.9 Å². The number of nitrogens with one attached hydrogen (secondary N) is 1. The van der Waals surface area contributed by atoms with Crippen molar-refractivity contribution in [3.8, 4) is 5.75 Å². The standard InChI is InChI=1S/C19H20ClIN2O6S/c1-27-13-5-3-11(4-6-13)9-29-16(25)15-12(8-21)10-30-18-19(28-2,17(26)23(15)18)22-14(24)7-20/h3-6,18H,7-10H2,1-2H3,(H,22,24)/t18-,19?/m0/s1. The van der Waals surface area contributed by atoms with E-state index in [2.05, 4.69) is 27.9 Å². The molecule has 0 radical (unpaired) electrons. The highest BCUT2D eigenvalue weighted by Crippen LogP contribution is 2.47. The number of halogens is 2. The number of esters is 1. The molecule has 2 aliphatic rings. The Bertz CT molecular complexity index is 880. The lowest BCUT2D eigenvalue weighted by Gasteiger charge is -2.55. The maximum Gasteiger partial charge on any atom is 0.355 e. The van der Waals surface area contributed by atoms with E-state index in [0.717, 1.165) is 11.1 Å². The largest absolute Gasteiger partial charge is 0.497 e. The molecule has 0 aliphatic carbocycles. The number of nitrogens with zero attached hydrogens (tertiary/aromatic N) is 1. The van der Waals surface area contributed by atoms with Crippen LogP contribution in [0, 0.1) is 0 Å². The molecule has 8 nitrogen and oxygen atoms in total. The SMILES string of the molecule is COc1ccc(COC(=O)C2=C(CI)CS[C@@H]3N2C(=O)C3(NC(=O)CCl)OC)cc1. The molecule has 1 N–H and O–H groups in total. The van der Waals surface area contributed by atoms with Gasteiger partial charge in [-0.15, -0.1) is 23.4 Å². The molecule has 0 spiro atoms. The normalized spacial score (nSPS) is 22.9. The second kappa shape index (κ2) is 9.75. The Kier molecular flexibility index (Phi) is 7.53. The molecule has 0 saturated carbocycles. The summed E-state index contributed by atoms with van der Waals surface area (Å²) in [5.74, 6) is -0.746. The third-order valence-electron chi connectivity index (χ3n) is 4.76. The van der Waals surface area contributed by atoms with E-state index in [4.69, 9.17) is 25.8 Å². The third kappa shape index (κ3) is 4.14. The van der Waals surface area contributed by atoms with Crippen LogP contribution >= 0.6 is 46.0 Å². The fourth-order valence-electron chi connectivity index (χ4n) is 3.21. The summed E-state index contributed by atoms with van der Waals surface area (Å²) in [5.41, 5.74) is 0.241. The lowest BCUT2D eigenvalue weighted by Crippen LogP contribution is -2.80. The Morgan fingerprint density at radius 1 is 1.33 bits per heavy atom. The summed E-state index contributed by atoms with van der Waals surface area (Å²) in [6.07, 6.45) is 0. The minimum absolute atomic E-state index is 0.0547. The fraction of sp³-hybridized carbons (Fsp3) is 0.421. The van der Waals surface area contributed by atoms with E-state index in [1.165, 1.54) is 23.8 Å². The quantitative estimate of drug-likeness (QED) is 0.169. The Labute approximate surface area is 196 Å². The first kappa shape index (κ1) is 23.2. The molecule has 30 heavy (non-hydrogen) atoms. The van der Waals surface area contributed by atoms with Gasteiger partial charge in [0.2, 0.25) is 5.91 Å². The Morgan fingerprint density at radius 3 is 2.60 bits per heavy atom. The van der Waals surface area contributed by atoms with Crippen LogP contribution in [0.15, 0.2) is 35.5 Å². The first-order chi connectivity index (χ1) is 14.4. The number of hydrogen-bond donors (Lipinski definition) is 1. The predicted molar refractivity (Wildman–Crippen MR) is 120 cm³/mol. The number of carbonyl (C=O) groups excluding carboxylic acids is 3. The molecule has 3 rings (SSSR count). The number of hydrogen-bond acceptors (Lipinski definition) is 7. The summed E-state index contributed by atoms with van der Waals surface area (Å²) in [7, 11) is 2.91. The third-order valence-corrected chi connectivity index (χ3v) is 7.30. The van der Waals surface area contributed by atoms with E-state index in [-0.39, 0.29) is 18.2 Å². The topological polar surface area (TPSA) is 94.2 Å². The zero-order chi connectivity index (χ0) is 21.9. The van der Waals surface area contributed by atoms with Crippen molar-refractivity contribution in [3.63, 3.8) is 0 Å². The van der Waals surface area contributed by atoms with Crippen LogP contribution in [0.1, 0.15) is 5.56 Å². The molecule has 1 aromatic rings. The molecule has 1 fully saturated rings. The molecule has 0 aromatic heterocycles. The number of alkyl halides is 2. The summed E-state index contributed by atoms with van der Waals surface area (Å²) in [6, 6.07) is 7.15. The van der Waals surface area contributed by atoms with Gasteiger partial charge in [0.15, 0.2) is 0 Å². The van der Waals surface area contributed by atoms with Crippen LogP contribution in [0.25, 0.3) is 0 Å². The summed E-state index contributed by atoms with van der Waals surface area (Å²) in [6.45, 7) is 0.0547. The molecular formula is C19H20ClIN2O6S. The van der Waals surface area contributed by atoms with Gasteiger partial charge in [-0.05, 0) is 23.3 Å². The van der Waals surface area contributed by atoms with E-state index in [1.54, 1.807) is 31.4 Å². The first-order valence-electron chi connectivity index (χ1n) is 8.87. The van der Waals surface area contributed by atoms with Gasteiger partial charge in [-0.3, -0.25) is 14.5 Å². The van der Waals surface area contributed by atoms with Crippen molar-refractivity contribution in [2.24, 2.45) is 0 Å². The van der Waals surface area contributed by atoms with Crippen molar-refractivity contribution in [2.75, 3.05) is 30.3 Å². The number of thioether (sulfide) groups is 1. The van der Waals surface area contributed by atoms with Crippen LogP contribution < -0.4 is 10.1 Å². The second-order valence-corrected chi connectivity index (χ2v) is 8.57. The molecular weight excluding hydrogens is 547 g/mol. The maximum absolute atomic E-state index is 13.0. The van der Waals surface area contributed by atoms with Gasteiger partial charge in [0.05, 0.1) is 7.11 Å². The maximum atomic E-state index is 13.0. The molecule has 1 aromatic carbocycles. The molecule has 2 atom stereocenters. The van der Waals surface area contributed by atoms with Crippen LogP contribution in [-0.4, -0.2) is 64.1 Å². The fourth-order valence-corrected chi connectivity index (χ4v) is 5.72. The summed E-state index contributed by atoms with van der Waals surface area (Å²) < 4.78 is 16.5. The molecule has 1 unspecified atom stereocenters.